The molecule has 66 valence electrons. The maximum Gasteiger partial charge on any atom is 0.330 e. The Balaban J connectivity index is 4.32. The van der Waals surface area contributed by atoms with Gasteiger partial charge in [-0.2, -0.15) is 0 Å². The van der Waals surface area contributed by atoms with Crippen molar-refractivity contribution >= 4 is 29.5 Å². The van der Waals surface area contributed by atoms with E-state index in [2.05, 4.69) is 0 Å². The molecular weight excluding hydrogens is 180 g/mol. The first-order valence-corrected chi connectivity index (χ1v) is 5.91. The molecule has 11 heavy (non-hydrogen) atoms. The summed E-state index contributed by atoms with van der Waals surface area (Å²) >= 11 is 2.83. The lowest BCUT2D eigenvalue weighted by Crippen LogP contribution is -2.30. The van der Waals surface area contributed by atoms with Crippen LogP contribution in [0.1, 0.15) is 19.8 Å². The van der Waals surface area contributed by atoms with Gasteiger partial charge in [-0.15, -0.1) is 23.5 Å². The normalized spacial score (nSPS) is 11.5. The van der Waals surface area contributed by atoms with Crippen molar-refractivity contribution in [1.29, 1.82) is 0 Å². The van der Waals surface area contributed by atoms with Gasteiger partial charge in [-0.1, -0.05) is 13.3 Å². The van der Waals surface area contributed by atoms with Gasteiger partial charge in [0, 0.05) is 0 Å². The van der Waals surface area contributed by atoms with Crippen molar-refractivity contribution < 1.29 is 9.90 Å². The molecule has 0 atom stereocenters. The van der Waals surface area contributed by atoms with Crippen LogP contribution >= 0.6 is 23.5 Å². The minimum Gasteiger partial charge on any atom is -0.480 e. The number of carboxylic acid groups (broad SMARTS) is 1. The highest BCUT2D eigenvalue weighted by Gasteiger charge is 2.35. The van der Waals surface area contributed by atoms with Gasteiger partial charge < -0.3 is 5.11 Å². The maximum atomic E-state index is 10.8. The third kappa shape index (κ3) is 2.60. The second-order valence-electron chi connectivity index (χ2n) is 2.22. The van der Waals surface area contributed by atoms with Crippen molar-refractivity contribution in [2.45, 2.75) is 23.8 Å². The Morgan fingerprint density at radius 1 is 1.45 bits per heavy atom. The molecule has 0 saturated heterocycles. The summed E-state index contributed by atoms with van der Waals surface area (Å²) in [6.45, 7) is 2.00. The smallest absolute Gasteiger partial charge is 0.330 e. The topological polar surface area (TPSA) is 37.3 Å². The van der Waals surface area contributed by atoms with Crippen molar-refractivity contribution in [3.05, 3.63) is 0 Å². The number of aliphatic carboxylic acids is 1. The van der Waals surface area contributed by atoms with E-state index in [0.29, 0.717) is 0 Å². The van der Waals surface area contributed by atoms with Gasteiger partial charge in [-0.05, 0) is 18.9 Å². The molecule has 0 aromatic carbocycles. The molecule has 0 rings (SSSR count). The maximum absolute atomic E-state index is 10.8. The van der Waals surface area contributed by atoms with E-state index in [1.54, 1.807) is 0 Å². The number of carbonyl (C=O) groups is 1. The van der Waals surface area contributed by atoms with Crippen LogP contribution in [-0.2, 0) is 4.79 Å². The molecule has 0 spiro atoms. The molecule has 0 unspecified atom stereocenters. The number of thioether (sulfide) groups is 2. The van der Waals surface area contributed by atoms with Gasteiger partial charge in [-0.3, -0.25) is 0 Å². The van der Waals surface area contributed by atoms with Crippen molar-refractivity contribution in [2.75, 3.05) is 12.5 Å². The SMILES string of the molecule is CCCC(SC)(SC)C(=O)O. The zero-order chi connectivity index (χ0) is 8.91. The Kier molecular flexibility index (Phi) is 5.01. The van der Waals surface area contributed by atoms with Gasteiger partial charge in [0.2, 0.25) is 0 Å². The molecule has 0 aliphatic heterocycles. The minimum absolute atomic E-state index is 0.616. The highest BCUT2D eigenvalue weighted by atomic mass is 32.2. The highest BCUT2D eigenvalue weighted by molar-refractivity contribution is 8.18. The van der Waals surface area contributed by atoms with E-state index in [1.165, 1.54) is 23.5 Å². The molecule has 0 fully saturated rings. The monoisotopic (exact) mass is 194 g/mol. The van der Waals surface area contributed by atoms with E-state index in [9.17, 15) is 4.79 Å². The number of hydrogen-bond donors (Lipinski definition) is 1. The number of carboxylic acids is 1. The molecule has 0 aromatic heterocycles. The number of hydrogen-bond acceptors (Lipinski definition) is 3. The van der Waals surface area contributed by atoms with E-state index in [-0.39, 0.29) is 0 Å². The third-order valence-electron chi connectivity index (χ3n) is 1.56. The molecule has 2 nitrogen and oxygen atoms in total. The quantitative estimate of drug-likeness (QED) is 0.681. The van der Waals surface area contributed by atoms with Crippen LogP contribution in [0.2, 0.25) is 0 Å². The molecule has 0 heterocycles. The number of rotatable bonds is 5. The van der Waals surface area contributed by atoms with Gasteiger partial charge in [0.25, 0.3) is 0 Å². The molecule has 0 amide bonds. The molecular formula is C7H14O2S2. The van der Waals surface area contributed by atoms with Crippen LogP contribution in [0.15, 0.2) is 0 Å². The zero-order valence-corrected chi connectivity index (χ0v) is 8.72. The average Bonchev–Trinajstić information content (AvgIpc) is 2.00. The molecule has 4 heteroatoms. The van der Waals surface area contributed by atoms with Crippen LogP contribution < -0.4 is 0 Å². The molecule has 0 aliphatic rings. The summed E-state index contributed by atoms with van der Waals surface area (Å²) in [4.78, 5) is 10.8. The van der Waals surface area contributed by atoms with Crippen LogP contribution in [0.3, 0.4) is 0 Å². The first-order chi connectivity index (χ1) is 5.13. The molecule has 0 aliphatic carbocycles. The van der Waals surface area contributed by atoms with Gasteiger partial charge in [0.1, 0.15) is 0 Å². The first kappa shape index (κ1) is 11.2. The summed E-state index contributed by atoms with van der Waals surface area (Å²) in [7, 11) is 0. The Morgan fingerprint density at radius 2 is 1.91 bits per heavy atom. The third-order valence-corrected chi connectivity index (χ3v) is 4.64. The van der Waals surface area contributed by atoms with Crippen molar-refractivity contribution in [2.24, 2.45) is 0 Å². The minimum atomic E-state index is -0.709. The van der Waals surface area contributed by atoms with Crippen LogP contribution in [0, 0.1) is 0 Å². The fourth-order valence-electron chi connectivity index (χ4n) is 0.898. The Hall–Kier alpha value is 0.170. The average molecular weight is 194 g/mol. The van der Waals surface area contributed by atoms with Gasteiger partial charge >= 0.3 is 5.97 Å². The summed E-state index contributed by atoms with van der Waals surface area (Å²) < 4.78 is -0.616. The van der Waals surface area contributed by atoms with Gasteiger partial charge in [0.15, 0.2) is 4.08 Å². The Bertz CT molecular complexity index is 132. The largest absolute Gasteiger partial charge is 0.480 e. The lowest BCUT2D eigenvalue weighted by Gasteiger charge is -2.24. The van der Waals surface area contributed by atoms with Crippen molar-refractivity contribution in [3.63, 3.8) is 0 Å². The van der Waals surface area contributed by atoms with E-state index in [1.807, 2.05) is 19.4 Å². The first-order valence-electron chi connectivity index (χ1n) is 3.46. The molecule has 0 aromatic rings. The van der Waals surface area contributed by atoms with Crippen molar-refractivity contribution in [1.82, 2.24) is 0 Å². The van der Waals surface area contributed by atoms with Crippen LogP contribution in [0.4, 0.5) is 0 Å². The summed E-state index contributed by atoms with van der Waals surface area (Å²) in [6, 6.07) is 0. The lowest BCUT2D eigenvalue weighted by molar-refractivity contribution is -0.137. The second kappa shape index (κ2) is 4.93. The van der Waals surface area contributed by atoms with E-state index >= 15 is 0 Å². The molecule has 0 bridgehead atoms. The highest BCUT2D eigenvalue weighted by Crippen LogP contribution is 2.38. The predicted molar refractivity (Wildman–Crippen MR) is 52.3 cm³/mol. The fourth-order valence-corrected chi connectivity index (χ4v) is 2.73. The van der Waals surface area contributed by atoms with E-state index in [0.717, 1.165) is 12.8 Å². The van der Waals surface area contributed by atoms with E-state index < -0.39 is 10.0 Å². The van der Waals surface area contributed by atoms with Crippen LogP contribution in [0.5, 0.6) is 0 Å². The standard InChI is InChI=1S/C7H14O2S2/c1-4-5-7(10-2,11-3)6(8)9/h4-5H2,1-3H3,(H,8,9). The Labute approximate surface area is 76.1 Å². The summed E-state index contributed by atoms with van der Waals surface area (Å²) in [5, 5.41) is 8.91. The van der Waals surface area contributed by atoms with Crippen molar-refractivity contribution in [3.8, 4) is 0 Å². The molecule has 0 saturated carbocycles. The fraction of sp³-hybridized carbons (Fsp3) is 0.857. The van der Waals surface area contributed by atoms with Gasteiger partial charge in [-0.25, -0.2) is 4.79 Å². The zero-order valence-electron chi connectivity index (χ0n) is 7.09. The predicted octanol–water partition coefficient (Wildman–Crippen LogP) is 2.29. The summed E-state index contributed by atoms with van der Waals surface area (Å²) in [6.07, 6.45) is 5.33. The van der Waals surface area contributed by atoms with Gasteiger partial charge in [0.05, 0.1) is 0 Å². The molecule has 0 radical (unpaired) electrons. The summed E-state index contributed by atoms with van der Waals surface area (Å²) in [5.41, 5.74) is 0. The summed E-state index contributed by atoms with van der Waals surface area (Å²) in [5.74, 6) is -0.709. The van der Waals surface area contributed by atoms with Crippen LogP contribution in [0.25, 0.3) is 0 Å². The second-order valence-corrected chi connectivity index (χ2v) is 4.69. The lowest BCUT2D eigenvalue weighted by atomic mass is 10.2. The van der Waals surface area contributed by atoms with Crippen LogP contribution in [-0.4, -0.2) is 27.7 Å². The molecule has 1 N–H and O–H groups in total. The van der Waals surface area contributed by atoms with E-state index in [4.69, 9.17) is 5.11 Å². The Morgan fingerprint density at radius 3 is 2.00 bits per heavy atom.